The molecule has 4 aliphatic heterocycles. The van der Waals surface area contributed by atoms with Crippen molar-refractivity contribution in [3.8, 4) is 0 Å². The van der Waals surface area contributed by atoms with Crippen LogP contribution in [-0.2, 0) is 47.7 Å². The molecular formula is C44H64N4O11. The van der Waals surface area contributed by atoms with Crippen LogP contribution in [0.25, 0.3) is 0 Å². The van der Waals surface area contributed by atoms with Gasteiger partial charge in [-0.15, -0.1) is 0 Å². The zero-order chi connectivity index (χ0) is 42.7. The molecule has 0 bridgehead atoms. The van der Waals surface area contributed by atoms with E-state index in [1.165, 1.54) is 30.1 Å². The van der Waals surface area contributed by atoms with Gasteiger partial charge >= 0.3 is 5.97 Å². The van der Waals surface area contributed by atoms with E-state index in [1.54, 1.807) is 13.0 Å². The Labute approximate surface area is 347 Å². The third-order valence-electron chi connectivity index (χ3n) is 12.0. The number of nitrogens with one attached hydrogen (secondary N) is 3. The Morgan fingerprint density at radius 3 is 2.25 bits per heavy atom. The van der Waals surface area contributed by atoms with Gasteiger partial charge in [0.1, 0.15) is 23.9 Å². The van der Waals surface area contributed by atoms with Crippen LogP contribution >= 0.6 is 0 Å². The number of imide groups is 1. The second kappa shape index (κ2) is 21.4. The van der Waals surface area contributed by atoms with Crippen molar-refractivity contribution in [1.82, 2.24) is 20.9 Å². The molecule has 0 aromatic heterocycles. The van der Waals surface area contributed by atoms with Crippen molar-refractivity contribution in [2.75, 3.05) is 13.2 Å². The predicted octanol–water partition coefficient (Wildman–Crippen LogP) is 3.39. The van der Waals surface area contributed by atoms with E-state index in [2.05, 4.69) is 29.0 Å². The Hall–Kier alpha value is -4.18. The van der Waals surface area contributed by atoms with Gasteiger partial charge in [-0.25, -0.2) is 0 Å². The third-order valence-corrected chi connectivity index (χ3v) is 12.0. The van der Waals surface area contributed by atoms with Crippen LogP contribution in [0, 0.1) is 5.92 Å². The van der Waals surface area contributed by atoms with Crippen molar-refractivity contribution < 1.29 is 52.8 Å². The van der Waals surface area contributed by atoms with Gasteiger partial charge in [-0.1, -0.05) is 37.1 Å². The second-order valence-electron chi connectivity index (χ2n) is 17.0. The second-order valence-corrected chi connectivity index (χ2v) is 17.0. The van der Waals surface area contributed by atoms with Crippen LogP contribution < -0.4 is 16.0 Å². The first-order chi connectivity index (χ1) is 28.1. The molecule has 1 aliphatic carbocycles. The Morgan fingerprint density at radius 2 is 1.61 bits per heavy atom. The zero-order valence-electron chi connectivity index (χ0n) is 35.2. The van der Waals surface area contributed by atoms with Crippen molar-refractivity contribution in [2.45, 2.75) is 172 Å². The van der Waals surface area contributed by atoms with Gasteiger partial charge in [0.2, 0.25) is 17.7 Å². The van der Waals surface area contributed by atoms with Crippen molar-refractivity contribution in [1.29, 1.82) is 0 Å². The lowest BCUT2D eigenvalue weighted by atomic mass is 9.87. The fraction of sp³-hybridized carbons (Fsp3) is 0.682. The molecule has 15 nitrogen and oxygen atoms in total. The standard InChI is InChI=1S/C44H64N4O11/c1-27(10-17-36-28(2)23-35(30(4)58-36)47-39(51)19-12-29(3)57-31(5)49)11-18-37-43(55)44(26-56-44)25-34(59-37)24-40(52)46-33-15-13-32(14-16-33)45-38(50)9-7-6-8-22-48-41(53)20-21-42(48)54/h10-12,18-21,28-30,32-37,43,55H,6-9,13-17,22-26H2,1-5H3,(H,45,50)(H,46,52)(H,47,51)/b18-11+,19-12?,27-10+/t28-,29?,30+,32?,33?,34+,35+,36-,37+,43+,44+/m0/s1. The average molecular weight is 825 g/mol. The summed E-state index contributed by atoms with van der Waals surface area (Å²) in [5.74, 6) is -1.16. The van der Waals surface area contributed by atoms with E-state index in [9.17, 15) is 33.9 Å². The molecule has 9 atom stereocenters. The molecule has 4 N–H and O–H groups in total. The van der Waals surface area contributed by atoms with Gasteiger partial charge in [0.25, 0.3) is 11.8 Å². The van der Waals surface area contributed by atoms with Gasteiger partial charge in [-0.2, -0.15) is 0 Å². The summed E-state index contributed by atoms with van der Waals surface area (Å²) in [6.07, 6.45) is 16.3. The minimum Gasteiger partial charge on any atom is -0.459 e. The van der Waals surface area contributed by atoms with Crippen LogP contribution in [0.4, 0.5) is 0 Å². The van der Waals surface area contributed by atoms with Gasteiger partial charge < -0.3 is 40.0 Å². The molecule has 0 radical (unpaired) electrons. The molecule has 4 heterocycles. The number of hydrogen-bond donors (Lipinski definition) is 4. The minimum absolute atomic E-state index is 0.00510. The summed E-state index contributed by atoms with van der Waals surface area (Å²) in [6, 6.07) is -0.0735. The third kappa shape index (κ3) is 13.9. The van der Waals surface area contributed by atoms with Gasteiger partial charge in [-0.3, -0.25) is 33.7 Å². The number of allylic oxidation sites excluding steroid dienone is 2. The summed E-state index contributed by atoms with van der Waals surface area (Å²) in [4.78, 5) is 73.8. The minimum atomic E-state index is -0.852. The molecule has 59 heavy (non-hydrogen) atoms. The lowest BCUT2D eigenvalue weighted by Crippen LogP contribution is -2.51. The summed E-state index contributed by atoms with van der Waals surface area (Å²) < 4.78 is 23.4. The van der Waals surface area contributed by atoms with E-state index >= 15 is 0 Å². The molecular weight excluding hydrogens is 761 g/mol. The van der Waals surface area contributed by atoms with Crippen LogP contribution in [0.3, 0.4) is 0 Å². The number of rotatable bonds is 18. The van der Waals surface area contributed by atoms with Gasteiger partial charge in [0.15, 0.2) is 0 Å². The molecule has 0 aromatic carbocycles. The van der Waals surface area contributed by atoms with Crippen molar-refractivity contribution in [3.05, 3.63) is 48.1 Å². The molecule has 15 heteroatoms. The number of unbranched alkanes of at least 4 members (excludes halogenated alkanes) is 2. The first kappa shape index (κ1) is 45.9. The summed E-state index contributed by atoms with van der Waals surface area (Å²) >= 11 is 0. The Kier molecular flexibility index (Phi) is 16.6. The molecule has 1 spiro atoms. The van der Waals surface area contributed by atoms with Crippen LogP contribution in [0.5, 0.6) is 0 Å². The maximum atomic E-state index is 13.2. The van der Waals surface area contributed by atoms with Crippen LogP contribution in [-0.4, -0.2) is 119 Å². The van der Waals surface area contributed by atoms with E-state index in [-0.39, 0.29) is 72.2 Å². The van der Waals surface area contributed by atoms with Gasteiger partial charge in [0.05, 0.1) is 37.4 Å². The predicted molar refractivity (Wildman–Crippen MR) is 217 cm³/mol. The number of ether oxygens (including phenoxy) is 4. The van der Waals surface area contributed by atoms with E-state index < -0.39 is 36.0 Å². The number of hydrogen-bond acceptors (Lipinski definition) is 11. The summed E-state index contributed by atoms with van der Waals surface area (Å²) in [7, 11) is 0. The zero-order valence-corrected chi connectivity index (χ0v) is 35.2. The van der Waals surface area contributed by atoms with Crippen molar-refractivity contribution in [2.24, 2.45) is 5.92 Å². The highest BCUT2D eigenvalue weighted by atomic mass is 16.6. The van der Waals surface area contributed by atoms with Crippen molar-refractivity contribution in [3.63, 3.8) is 0 Å². The highest BCUT2D eigenvalue weighted by molar-refractivity contribution is 6.12. The summed E-state index contributed by atoms with van der Waals surface area (Å²) in [6.45, 7) is 9.84. The molecule has 5 rings (SSSR count). The number of carbonyl (C=O) groups is 6. The van der Waals surface area contributed by atoms with Crippen LogP contribution in [0.15, 0.2) is 48.1 Å². The van der Waals surface area contributed by atoms with E-state index in [4.69, 9.17) is 18.9 Å². The highest BCUT2D eigenvalue weighted by Gasteiger charge is 2.58. The first-order valence-electron chi connectivity index (χ1n) is 21.4. The first-order valence-corrected chi connectivity index (χ1v) is 21.4. The highest BCUT2D eigenvalue weighted by Crippen LogP contribution is 2.43. The molecule has 5 amide bonds. The average Bonchev–Trinajstić information content (AvgIpc) is 3.88. The lowest BCUT2D eigenvalue weighted by molar-refractivity contribution is -0.146. The van der Waals surface area contributed by atoms with Crippen molar-refractivity contribution >= 4 is 35.5 Å². The molecule has 4 fully saturated rings. The molecule has 5 aliphatic rings. The summed E-state index contributed by atoms with van der Waals surface area (Å²) in [5, 5.41) is 20.4. The number of aliphatic hydroxyl groups is 1. The summed E-state index contributed by atoms with van der Waals surface area (Å²) in [5.41, 5.74) is 0.270. The Bertz CT molecular complexity index is 1630. The smallest absolute Gasteiger partial charge is 0.303 e. The quantitative estimate of drug-likeness (QED) is 0.0394. The van der Waals surface area contributed by atoms with E-state index in [0.717, 1.165) is 44.1 Å². The van der Waals surface area contributed by atoms with Crippen LogP contribution in [0.2, 0.25) is 0 Å². The normalized spacial score (nSPS) is 32.7. The topological polar surface area (TPSA) is 202 Å². The fourth-order valence-corrected chi connectivity index (χ4v) is 8.45. The number of epoxide rings is 1. The largest absolute Gasteiger partial charge is 0.459 e. The number of carbonyl (C=O) groups excluding carboxylic acids is 6. The fourth-order valence-electron chi connectivity index (χ4n) is 8.45. The molecule has 0 aromatic rings. The monoisotopic (exact) mass is 824 g/mol. The molecule has 326 valence electrons. The molecule has 3 saturated heterocycles. The lowest BCUT2D eigenvalue weighted by Gasteiger charge is -2.39. The van der Waals surface area contributed by atoms with E-state index in [0.29, 0.717) is 45.3 Å². The number of amides is 5. The van der Waals surface area contributed by atoms with E-state index in [1.807, 2.05) is 26.0 Å². The van der Waals surface area contributed by atoms with Gasteiger partial charge in [-0.05, 0) is 84.1 Å². The number of nitrogens with zero attached hydrogens (tertiary/aromatic N) is 1. The molecule has 1 saturated carbocycles. The maximum absolute atomic E-state index is 13.2. The number of esters is 1. The SMILES string of the molecule is CC(=O)OC(C)C=CC(=O)N[C@@H]1C[C@H](C)[C@H](C/C=C(C)/C=C/[C@H]2O[C@H](CC(=O)NC3CCC(NC(=O)CCCCCN4C(=O)C=CC4=O)CC3)C[C@@]3(CO3)[C@@H]2O)O[C@@H]1C. The Balaban J connectivity index is 0.990. The molecule has 1 unspecified atom stereocenters. The van der Waals surface area contributed by atoms with Crippen LogP contribution in [0.1, 0.15) is 112 Å². The van der Waals surface area contributed by atoms with Gasteiger partial charge in [0, 0.05) is 56.6 Å². The Morgan fingerprint density at radius 1 is 0.949 bits per heavy atom. The number of aliphatic hydroxyl groups excluding tert-OH is 1. The maximum Gasteiger partial charge on any atom is 0.303 e.